The fourth-order valence-electron chi connectivity index (χ4n) is 1.23. The summed E-state index contributed by atoms with van der Waals surface area (Å²) in [6.45, 7) is 1.51. The zero-order valence-electron chi connectivity index (χ0n) is 10.6. The van der Waals surface area contributed by atoms with Gasteiger partial charge in [-0.15, -0.1) is 0 Å². The van der Waals surface area contributed by atoms with Gasteiger partial charge < -0.3 is 10.2 Å². The van der Waals surface area contributed by atoms with Gasteiger partial charge in [0.15, 0.2) is 6.10 Å². The summed E-state index contributed by atoms with van der Waals surface area (Å²) in [6, 6.07) is 7.50. The first kappa shape index (κ1) is 15.6. The molecule has 0 spiro atoms. The standard InChI is InChI=1S/C12H13NO7/c1-2-9(11(15)16)19-20-13(12(17)18)10(14)8-6-4-3-5-7-8/h3-7,9H,2H2,1H3,(H,15,16)(H,17,18). The van der Waals surface area contributed by atoms with E-state index in [0.717, 1.165) is 0 Å². The van der Waals surface area contributed by atoms with Gasteiger partial charge in [0.25, 0.3) is 5.91 Å². The monoisotopic (exact) mass is 283 g/mol. The summed E-state index contributed by atoms with van der Waals surface area (Å²) in [5.41, 5.74) is 0.0573. The van der Waals surface area contributed by atoms with Gasteiger partial charge in [0.05, 0.1) is 0 Å². The van der Waals surface area contributed by atoms with Crippen molar-refractivity contribution >= 4 is 18.0 Å². The largest absolute Gasteiger partial charge is 0.479 e. The Labute approximate surface area is 114 Å². The van der Waals surface area contributed by atoms with Gasteiger partial charge in [0.2, 0.25) is 0 Å². The van der Waals surface area contributed by atoms with E-state index in [9.17, 15) is 14.4 Å². The third-order valence-corrected chi connectivity index (χ3v) is 2.26. The Morgan fingerprint density at radius 1 is 1.20 bits per heavy atom. The number of imide groups is 1. The highest BCUT2D eigenvalue weighted by molar-refractivity contribution is 6.01. The molecule has 8 nitrogen and oxygen atoms in total. The van der Waals surface area contributed by atoms with Crippen molar-refractivity contribution in [1.82, 2.24) is 5.06 Å². The Morgan fingerprint density at radius 2 is 1.80 bits per heavy atom. The number of carbonyl (C=O) groups excluding carboxylic acids is 1. The lowest BCUT2D eigenvalue weighted by molar-refractivity contribution is -0.405. The van der Waals surface area contributed by atoms with E-state index in [1.165, 1.54) is 19.1 Å². The van der Waals surface area contributed by atoms with Crippen molar-refractivity contribution in [2.24, 2.45) is 0 Å². The smallest absolute Gasteiger partial charge is 0.441 e. The van der Waals surface area contributed by atoms with Crippen LogP contribution in [0.25, 0.3) is 0 Å². The van der Waals surface area contributed by atoms with Crippen molar-refractivity contribution in [2.75, 3.05) is 0 Å². The molecule has 1 aromatic carbocycles. The fraction of sp³-hybridized carbons (Fsp3) is 0.250. The van der Waals surface area contributed by atoms with Crippen molar-refractivity contribution in [1.29, 1.82) is 0 Å². The zero-order valence-corrected chi connectivity index (χ0v) is 10.6. The number of carbonyl (C=O) groups is 3. The number of nitrogens with zero attached hydrogens (tertiary/aromatic N) is 1. The molecule has 2 amide bonds. The average molecular weight is 283 g/mol. The molecular weight excluding hydrogens is 270 g/mol. The maximum absolute atomic E-state index is 11.8. The molecule has 0 aromatic heterocycles. The van der Waals surface area contributed by atoms with Crippen LogP contribution >= 0.6 is 0 Å². The molecule has 0 aliphatic carbocycles. The highest BCUT2D eigenvalue weighted by Crippen LogP contribution is 2.08. The molecule has 0 aliphatic rings. The van der Waals surface area contributed by atoms with Gasteiger partial charge in [0.1, 0.15) is 0 Å². The number of hydrogen-bond acceptors (Lipinski definition) is 5. The second-order valence-corrected chi connectivity index (χ2v) is 3.65. The second-order valence-electron chi connectivity index (χ2n) is 3.65. The van der Waals surface area contributed by atoms with Crippen LogP contribution in [0.2, 0.25) is 0 Å². The highest BCUT2D eigenvalue weighted by Gasteiger charge is 2.27. The summed E-state index contributed by atoms with van der Waals surface area (Å²) in [5.74, 6) is -2.32. The fourth-order valence-corrected chi connectivity index (χ4v) is 1.23. The van der Waals surface area contributed by atoms with E-state index in [1.807, 2.05) is 0 Å². The Hall–Kier alpha value is -2.45. The summed E-state index contributed by atoms with van der Waals surface area (Å²) in [4.78, 5) is 42.3. The van der Waals surface area contributed by atoms with E-state index in [4.69, 9.17) is 10.2 Å². The minimum absolute atomic E-state index is 0.0440. The van der Waals surface area contributed by atoms with E-state index in [0.29, 0.717) is 0 Å². The minimum Gasteiger partial charge on any atom is -0.479 e. The number of carboxylic acid groups (broad SMARTS) is 2. The van der Waals surface area contributed by atoms with Gasteiger partial charge in [-0.25, -0.2) is 9.59 Å². The molecule has 1 atom stereocenters. The highest BCUT2D eigenvalue weighted by atomic mass is 17.3. The molecule has 1 unspecified atom stereocenters. The van der Waals surface area contributed by atoms with Crippen molar-refractivity contribution in [3.05, 3.63) is 35.9 Å². The number of aliphatic carboxylic acids is 1. The first-order valence-electron chi connectivity index (χ1n) is 5.66. The first-order chi connectivity index (χ1) is 9.47. The predicted octanol–water partition coefficient (Wildman–Crippen LogP) is 1.53. The molecular formula is C12H13NO7. The van der Waals surface area contributed by atoms with E-state index in [-0.39, 0.29) is 17.0 Å². The predicted molar refractivity (Wildman–Crippen MR) is 64.5 cm³/mol. The van der Waals surface area contributed by atoms with Crippen molar-refractivity contribution < 1.29 is 34.5 Å². The average Bonchev–Trinajstić information content (AvgIpc) is 2.43. The molecule has 0 heterocycles. The normalized spacial score (nSPS) is 11.7. The van der Waals surface area contributed by atoms with Gasteiger partial charge in [-0.3, -0.25) is 4.79 Å². The van der Waals surface area contributed by atoms with E-state index in [2.05, 4.69) is 9.88 Å². The lowest BCUT2D eigenvalue weighted by Gasteiger charge is -2.17. The molecule has 108 valence electrons. The van der Waals surface area contributed by atoms with Gasteiger partial charge in [-0.1, -0.05) is 35.2 Å². The number of carboxylic acids is 1. The Morgan fingerprint density at radius 3 is 2.25 bits per heavy atom. The molecule has 0 saturated carbocycles. The third-order valence-electron chi connectivity index (χ3n) is 2.26. The summed E-state index contributed by atoms with van der Waals surface area (Å²) in [5, 5.41) is 17.5. The Kier molecular flexibility index (Phi) is 5.63. The number of rotatable bonds is 6. The topological polar surface area (TPSA) is 113 Å². The molecule has 0 radical (unpaired) electrons. The lowest BCUT2D eigenvalue weighted by atomic mass is 10.2. The molecule has 0 bridgehead atoms. The van der Waals surface area contributed by atoms with Gasteiger partial charge in [-0.2, -0.15) is 4.89 Å². The van der Waals surface area contributed by atoms with Gasteiger partial charge in [-0.05, 0) is 18.6 Å². The Balaban J connectivity index is 2.78. The molecule has 0 saturated heterocycles. The molecule has 1 aromatic rings. The van der Waals surface area contributed by atoms with Crippen LogP contribution in [0.3, 0.4) is 0 Å². The number of benzene rings is 1. The molecule has 20 heavy (non-hydrogen) atoms. The summed E-state index contributed by atoms with van der Waals surface area (Å²) >= 11 is 0. The van der Waals surface area contributed by atoms with Crippen LogP contribution in [0.1, 0.15) is 23.7 Å². The first-order valence-corrected chi connectivity index (χ1v) is 5.66. The van der Waals surface area contributed by atoms with Crippen LogP contribution < -0.4 is 0 Å². The van der Waals surface area contributed by atoms with Crippen LogP contribution in [-0.4, -0.2) is 39.3 Å². The summed E-state index contributed by atoms with van der Waals surface area (Å²) < 4.78 is 0. The molecule has 1 rings (SSSR count). The van der Waals surface area contributed by atoms with Crippen LogP contribution in [0.15, 0.2) is 30.3 Å². The Bertz CT molecular complexity index is 488. The third kappa shape index (κ3) is 4.04. The number of hydrogen-bond donors (Lipinski definition) is 2. The zero-order chi connectivity index (χ0) is 15.1. The lowest BCUT2D eigenvalue weighted by Crippen LogP contribution is -2.38. The molecule has 0 fully saturated rings. The molecule has 0 aliphatic heterocycles. The minimum atomic E-state index is -1.72. The maximum atomic E-state index is 11.8. The van der Waals surface area contributed by atoms with Gasteiger partial charge in [0, 0.05) is 5.56 Å². The molecule has 8 heteroatoms. The molecule has 2 N–H and O–H groups in total. The second kappa shape index (κ2) is 7.22. The summed E-state index contributed by atoms with van der Waals surface area (Å²) in [7, 11) is 0. The SMILES string of the molecule is CCC(OON(C(=O)O)C(=O)c1ccccc1)C(=O)O. The van der Waals surface area contributed by atoms with Crippen LogP contribution in [-0.2, 0) is 14.7 Å². The number of hydroxylamine groups is 2. The van der Waals surface area contributed by atoms with Gasteiger partial charge >= 0.3 is 12.1 Å². The van der Waals surface area contributed by atoms with E-state index in [1.54, 1.807) is 18.2 Å². The van der Waals surface area contributed by atoms with Crippen molar-refractivity contribution in [3.8, 4) is 0 Å². The van der Waals surface area contributed by atoms with Crippen LogP contribution in [0.5, 0.6) is 0 Å². The van der Waals surface area contributed by atoms with Crippen LogP contribution in [0.4, 0.5) is 4.79 Å². The van der Waals surface area contributed by atoms with Crippen LogP contribution in [0, 0.1) is 0 Å². The van der Waals surface area contributed by atoms with E-state index >= 15 is 0 Å². The quantitative estimate of drug-likeness (QED) is 0.601. The summed E-state index contributed by atoms with van der Waals surface area (Å²) in [6.07, 6.45) is -3.05. The number of amides is 2. The maximum Gasteiger partial charge on any atom is 0.441 e. The van der Waals surface area contributed by atoms with E-state index < -0.39 is 24.1 Å². The van der Waals surface area contributed by atoms with Crippen molar-refractivity contribution in [3.63, 3.8) is 0 Å². The van der Waals surface area contributed by atoms with Crippen molar-refractivity contribution in [2.45, 2.75) is 19.4 Å².